The van der Waals surface area contributed by atoms with Gasteiger partial charge in [0.05, 0.1) is 21.0 Å². The van der Waals surface area contributed by atoms with E-state index < -0.39 is 0 Å². The van der Waals surface area contributed by atoms with Gasteiger partial charge in [0.25, 0.3) is 17.7 Å². The van der Waals surface area contributed by atoms with E-state index in [-0.39, 0.29) is 29.1 Å². The number of nitrogens with zero attached hydrogens (tertiary/aromatic N) is 6. The summed E-state index contributed by atoms with van der Waals surface area (Å²) in [5.74, 6) is 0.194. The lowest BCUT2D eigenvalue weighted by molar-refractivity contribution is -0.000511. The number of hydrogen-bond donors (Lipinski definition) is 2. The van der Waals surface area contributed by atoms with Crippen molar-refractivity contribution in [3.05, 3.63) is 107 Å². The molecule has 2 fully saturated rings. The van der Waals surface area contributed by atoms with Crippen molar-refractivity contribution in [3.8, 4) is 10.6 Å². The minimum atomic E-state index is -0.300. The van der Waals surface area contributed by atoms with Gasteiger partial charge in [-0.25, -0.2) is 15.0 Å². The summed E-state index contributed by atoms with van der Waals surface area (Å²) >= 11 is 1.33. The van der Waals surface area contributed by atoms with Gasteiger partial charge in [-0.3, -0.25) is 24.7 Å². The molecule has 3 aliphatic rings. The standard InChI is InChI=1S/C37H34N8O4S/c1-23-18-27(32(41-20-23)44-21-37(22-44)10-16-49-17-11-37)33(46)42-26-7-5-24(6-8-26)35(48)45-15-9-25-19-29(34(47)43-36-39-13-3-14-40-36)50-31(25)30-28(45)4-2-12-38-30/h2-8,12-14,18-20H,9-11,15-17,21-22H2,1H3,(H,42,46)(H,39,40,43,47). The molecule has 0 saturated carbocycles. The quantitative estimate of drug-likeness (QED) is 0.233. The van der Waals surface area contributed by atoms with E-state index in [1.807, 2.05) is 25.1 Å². The number of nitrogens with one attached hydrogen (secondary N) is 2. The molecule has 13 heteroatoms. The lowest BCUT2D eigenvalue weighted by Crippen LogP contribution is -2.59. The van der Waals surface area contributed by atoms with Crippen molar-refractivity contribution in [2.24, 2.45) is 5.41 Å². The predicted octanol–water partition coefficient (Wildman–Crippen LogP) is 5.63. The van der Waals surface area contributed by atoms with Crippen molar-refractivity contribution in [1.82, 2.24) is 19.9 Å². The first kappa shape index (κ1) is 31.7. The van der Waals surface area contributed by atoms with Gasteiger partial charge in [0.2, 0.25) is 5.95 Å². The van der Waals surface area contributed by atoms with Crippen molar-refractivity contribution in [2.75, 3.05) is 53.3 Å². The SMILES string of the molecule is Cc1cnc(N2CC3(CCOCC3)C2)c(C(=O)Nc2ccc(C(=O)N3CCc4cc(C(=O)Nc5ncccn5)sc4-c4ncccc43)cc2)c1. The van der Waals surface area contributed by atoms with Gasteiger partial charge in [-0.05, 0) is 91.9 Å². The highest BCUT2D eigenvalue weighted by molar-refractivity contribution is 7.17. The van der Waals surface area contributed by atoms with Gasteiger partial charge in [-0.2, -0.15) is 0 Å². The Kier molecular flexibility index (Phi) is 8.29. The summed E-state index contributed by atoms with van der Waals surface area (Å²) in [6, 6.07) is 16.0. The number of aryl methyl sites for hydroxylation is 1. The van der Waals surface area contributed by atoms with Crippen LogP contribution in [0.1, 0.15) is 54.4 Å². The van der Waals surface area contributed by atoms with Crippen molar-refractivity contribution >= 4 is 52.2 Å². The van der Waals surface area contributed by atoms with Gasteiger partial charge in [-0.1, -0.05) is 0 Å². The first-order valence-corrected chi connectivity index (χ1v) is 17.4. The number of fused-ring (bicyclic) bond motifs is 3. The third-order valence-electron chi connectivity index (χ3n) is 9.51. The molecule has 3 aliphatic heterocycles. The molecular formula is C37H34N8O4S. The maximum absolute atomic E-state index is 14.0. The Morgan fingerprint density at radius 3 is 2.42 bits per heavy atom. The first-order valence-electron chi connectivity index (χ1n) is 16.5. The van der Waals surface area contributed by atoms with Gasteiger partial charge >= 0.3 is 0 Å². The molecule has 7 heterocycles. The van der Waals surface area contributed by atoms with E-state index in [4.69, 9.17) is 4.74 Å². The molecule has 1 aromatic carbocycles. The average Bonchev–Trinajstić information content (AvgIpc) is 3.50. The Bertz CT molecular complexity index is 2090. The second kappa shape index (κ2) is 13.1. The number of amides is 3. The van der Waals surface area contributed by atoms with Gasteiger partial charge in [0.1, 0.15) is 11.5 Å². The third-order valence-corrected chi connectivity index (χ3v) is 10.7. The van der Waals surface area contributed by atoms with Crippen LogP contribution in [0, 0.1) is 12.3 Å². The molecule has 5 aromatic rings. The van der Waals surface area contributed by atoms with Crippen molar-refractivity contribution in [3.63, 3.8) is 0 Å². The Labute approximate surface area is 292 Å². The molecule has 0 bridgehead atoms. The van der Waals surface area contributed by atoms with Crippen LogP contribution in [0.5, 0.6) is 0 Å². The van der Waals surface area contributed by atoms with E-state index in [1.54, 1.807) is 66.1 Å². The number of carbonyl (C=O) groups is 3. The zero-order valence-corrected chi connectivity index (χ0v) is 28.2. The second-order valence-electron chi connectivity index (χ2n) is 13.0. The molecule has 0 atom stereocenters. The number of rotatable bonds is 6. The zero-order chi connectivity index (χ0) is 34.2. The molecule has 0 radical (unpaired) electrons. The van der Waals surface area contributed by atoms with Crippen LogP contribution in [0.2, 0.25) is 0 Å². The highest BCUT2D eigenvalue weighted by atomic mass is 32.1. The molecule has 3 amide bonds. The van der Waals surface area contributed by atoms with Crippen LogP contribution < -0.4 is 20.4 Å². The van der Waals surface area contributed by atoms with E-state index in [9.17, 15) is 14.4 Å². The highest BCUT2D eigenvalue weighted by Gasteiger charge is 2.45. The van der Waals surface area contributed by atoms with Gasteiger partial charge in [0, 0.05) is 74.3 Å². The lowest BCUT2D eigenvalue weighted by Gasteiger charge is -2.53. The summed E-state index contributed by atoms with van der Waals surface area (Å²) in [6.07, 6.45) is 9.21. The van der Waals surface area contributed by atoms with Crippen LogP contribution in [0.4, 0.5) is 23.1 Å². The van der Waals surface area contributed by atoms with Crippen LogP contribution in [0.15, 0.2) is 79.4 Å². The van der Waals surface area contributed by atoms with Crippen molar-refractivity contribution < 1.29 is 19.1 Å². The fourth-order valence-electron chi connectivity index (χ4n) is 6.87. The molecule has 50 heavy (non-hydrogen) atoms. The Morgan fingerprint density at radius 1 is 0.880 bits per heavy atom. The number of thiophene rings is 1. The van der Waals surface area contributed by atoms with Crippen LogP contribution in [-0.2, 0) is 11.2 Å². The first-order chi connectivity index (χ1) is 24.4. The molecule has 0 unspecified atom stereocenters. The largest absolute Gasteiger partial charge is 0.381 e. The molecule has 8 rings (SSSR count). The number of benzene rings is 1. The predicted molar refractivity (Wildman–Crippen MR) is 191 cm³/mol. The fourth-order valence-corrected chi connectivity index (χ4v) is 7.98. The van der Waals surface area contributed by atoms with E-state index in [1.165, 1.54) is 11.3 Å². The second-order valence-corrected chi connectivity index (χ2v) is 14.0. The maximum atomic E-state index is 14.0. The fraction of sp³-hybridized carbons (Fsp3) is 0.270. The molecule has 252 valence electrons. The number of anilines is 4. The van der Waals surface area contributed by atoms with Crippen LogP contribution in [-0.4, -0.2) is 70.5 Å². The summed E-state index contributed by atoms with van der Waals surface area (Å²) in [7, 11) is 0. The number of aromatic nitrogens is 4. The summed E-state index contributed by atoms with van der Waals surface area (Å²) in [5, 5.41) is 5.75. The Hall–Kier alpha value is -5.53. The summed E-state index contributed by atoms with van der Waals surface area (Å²) in [4.78, 5) is 63.2. The number of ether oxygens (including phenoxy) is 1. The monoisotopic (exact) mass is 686 g/mol. The molecule has 1 spiro atoms. The Balaban J connectivity index is 0.973. The topological polar surface area (TPSA) is 143 Å². The lowest BCUT2D eigenvalue weighted by atomic mass is 9.73. The molecule has 2 saturated heterocycles. The summed E-state index contributed by atoms with van der Waals surface area (Å²) in [5.41, 5.74) is 4.99. The minimum Gasteiger partial charge on any atom is -0.381 e. The van der Waals surface area contributed by atoms with E-state index >= 15 is 0 Å². The number of carbonyl (C=O) groups excluding carboxylic acids is 3. The minimum absolute atomic E-state index is 0.184. The van der Waals surface area contributed by atoms with E-state index in [0.29, 0.717) is 51.9 Å². The molecule has 12 nitrogen and oxygen atoms in total. The van der Waals surface area contributed by atoms with Gasteiger partial charge in [-0.15, -0.1) is 11.3 Å². The number of hydrogen-bond acceptors (Lipinski definition) is 10. The third kappa shape index (κ3) is 6.09. The van der Waals surface area contributed by atoms with Gasteiger partial charge in [0.15, 0.2) is 0 Å². The summed E-state index contributed by atoms with van der Waals surface area (Å²) < 4.78 is 5.56. The molecule has 0 aliphatic carbocycles. The molecular weight excluding hydrogens is 653 g/mol. The van der Waals surface area contributed by atoms with Crippen molar-refractivity contribution in [2.45, 2.75) is 26.2 Å². The molecule has 4 aromatic heterocycles. The smallest absolute Gasteiger partial charge is 0.268 e. The van der Waals surface area contributed by atoms with Crippen LogP contribution >= 0.6 is 11.3 Å². The van der Waals surface area contributed by atoms with E-state index in [0.717, 1.165) is 55.1 Å². The molecule has 2 N–H and O–H groups in total. The summed E-state index contributed by atoms with van der Waals surface area (Å²) in [6.45, 7) is 5.63. The Morgan fingerprint density at radius 2 is 1.64 bits per heavy atom. The number of pyridine rings is 2. The maximum Gasteiger partial charge on any atom is 0.268 e. The normalized spacial score (nSPS) is 16.1. The van der Waals surface area contributed by atoms with Crippen LogP contribution in [0.25, 0.3) is 10.6 Å². The van der Waals surface area contributed by atoms with E-state index in [2.05, 4.69) is 35.5 Å². The highest BCUT2D eigenvalue weighted by Crippen LogP contribution is 2.43. The average molecular weight is 687 g/mol. The van der Waals surface area contributed by atoms with Crippen molar-refractivity contribution in [1.29, 1.82) is 0 Å². The van der Waals surface area contributed by atoms with Crippen LogP contribution in [0.3, 0.4) is 0 Å². The zero-order valence-electron chi connectivity index (χ0n) is 27.4. The van der Waals surface area contributed by atoms with Gasteiger partial charge < -0.3 is 19.9 Å².